The fraction of sp³-hybridized carbons (Fsp3) is 0.357. The summed E-state index contributed by atoms with van der Waals surface area (Å²) in [5, 5.41) is 17.1. The Bertz CT molecular complexity index is 593. The fourth-order valence-electron chi connectivity index (χ4n) is 2.04. The maximum atomic E-state index is 10.6. The van der Waals surface area contributed by atoms with Gasteiger partial charge in [0.05, 0.1) is 5.75 Å². The minimum atomic E-state index is -0.869. The third-order valence-corrected chi connectivity index (χ3v) is 4.03. The van der Waals surface area contributed by atoms with Gasteiger partial charge in [0.15, 0.2) is 5.16 Å². The Balaban J connectivity index is 2.19. The summed E-state index contributed by atoms with van der Waals surface area (Å²) in [4.78, 5) is 12.9. The highest BCUT2D eigenvalue weighted by Crippen LogP contribution is 2.22. The van der Waals surface area contributed by atoms with Crippen LogP contribution in [0.3, 0.4) is 0 Å². The van der Waals surface area contributed by atoms with Crippen LogP contribution in [0.25, 0.3) is 5.69 Å². The van der Waals surface area contributed by atoms with Crippen molar-refractivity contribution >= 4 is 23.4 Å². The van der Waals surface area contributed by atoms with Gasteiger partial charge in [0.25, 0.3) is 0 Å². The van der Waals surface area contributed by atoms with Crippen molar-refractivity contribution in [1.29, 1.82) is 0 Å². The highest BCUT2D eigenvalue weighted by atomic mass is 32.2. The Morgan fingerprint density at radius 2 is 1.95 bits per heavy atom. The van der Waals surface area contributed by atoms with E-state index in [0.29, 0.717) is 5.16 Å². The van der Waals surface area contributed by atoms with Gasteiger partial charge in [-0.2, -0.15) is 0 Å². The number of carboxylic acid groups (broad SMARTS) is 1. The molecule has 2 rings (SSSR count). The molecular weight excluding hydrogens is 288 g/mol. The van der Waals surface area contributed by atoms with E-state index in [0.717, 1.165) is 36.2 Å². The minimum absolute atomic E-state index is 0.0315. The van der Waals surface area contributed by atoms with Crippen molar-refractivity contribution in [2.45, 2.75) is 19.0 Å². The molecule has 0 amide bonds. The van der Waals surface area contributed by atoms with Crippen LogP contribution in [0.1, 0.15) is 13.8 Å². The number of aliphatic carboxylic acids is 1. The molecule has 0 atom stereocenters. The maximum Gasteiger partial charge on any atom is 0.313 e. The first-order valence-electron chi connectivity index (χ1n) is 6.75. The van der Waals surface area contributed by atoms with Crippen LogP contribution in [0.5, 0.6) is 0 Å². The highest BCUT2D eigenvalue weighted by Gasteiger charge is 2.10. The van der Waals surface area contributed by atoms with E-state index in [1.807, 2.05) is 24.3 Å². The van der Waals surface area contributed by atoms with Crippen LogP contribution in [0.2, 0.25) is 0 Å². The summed E-state index contributed by atoms with van der Waals surface area (Å²) in [5.41, 5.74) is 2.08. The zero-order chi connectivity index (χ0) is 15.2. The van der Waals surface area contributed by atoms with Gasteiger partial charge in [0.1, 0.15) is 6.33 Å². The smallest absolute Gasteiger partial charge is 0.313 e. The molecule has 1 N–H and O–H groups in total. The van der Waals surface area contributed by atoms with Gasteiger partial charge in [0, 0.05) is 24.5 Å². The largest absolute Gasteiger partial charge is 0.481 e. The summed E-state index contributed by atoms with van der Waals surface area (Å²) >= 11 is 1.16. The number of hydrogen-bond donors (Lipinski definition) is 1. The average molecular weight is 306 g/mol. The third-order valence-electron chi connectivity index (χ3n) is 3.10. The molecular formula is C14H18N4O2S. The van der Waals surface area contributed by atoms with Gasteiger partial charge < -0.3 is 10.0 Å². The predicted molar refractivity (Wildman–Crippen MR) is 83.3 cm³/mol. The van der Waals surface area contributed by atoms with Crippen molar-refractivity contribution in [1.82, 2.24) is 14.8 Å². The number of carboxylic acids is 1. The lowest BCUT2D eigenvalue weighted by Crippen LogP contribution is -2.21. The molecule has 6 nitrogen and oxygen atoms in total. The van der Waals surface area contributed by atoms with Crippen molar-refractivity contribution in [3.05, 3.63) is 30.6 Å². The predicted octanol–water partition coefficient (Wildman–Crippen LogP) is 2.29. The molecule has 1 aromatic carbocycles. The molecule has 0 radical (unpaired) electrons. The molecule has 2 aromatic rings. The van der Waals surface area contributed by atoms with E-state index in [1.165, 1.54) is 0 Å². The van der Waals surface area contributed by atoms with E-state index in [4.69, 9.17) is 5.11 Å². The molecule has 0 fully saturated rings. The van der Waals surface area contributed by atoms with Crippen LogP contribution >= 0.6 is 11.8 Å². The second-order valence-corrected chi connectivity index (χ2v) is 5.30. The molecule has 1 heterocycles. The summed E-state index contributed by atoms with van der Waals surface area (Å²) in [5.74, 6) is -0.901. The molecule has 7 heteroatoms. The lowest BCUT2D eigenvalue weighted by atomic mass is 10.2. The van der Waals surface area contributed by atoms with Crippen molar-refractivity contribution in [3.8, 4) is 5.69 Å². The van der Waals surface area contributed by atoms with E-state index in [-0.39, 0.29) is 5.75 Å². The number of aromatic nitrogens is 3. The van der Waals surface area contributed by atoms with Crippen molar-refractivity contribution in [2.24, 2.45) is 0 Å². The SMILES string of the molecule is CCN(CC)c1ccc(-n2cnnc2SCC(=O)O)cc1. The number of carbonyl (C=O) groups is 1. The normalized spacial score (nSPS) is 10.6. The average Bonchev–Trinajstić information content (AvgIpc) is 2.95. The van der Waals surface area contributed by atoms with E-state index in [2.05, 4.69) is 28.9 Å². The first-order valence-corrected chi connectivity index (χ1v) is 7.74. The number of thioether (sulfide) groups is 1. The second kappa shape index (κ2) is 7.12. The van der Waals surface area contributed by atoms with Gasteiger partial charge >= 0.3 is 5.97 Å². The Kier molecular flexibility index (Phi) is 5.21. The van der Waals surface area contributed by atoms with Crippen LogP contribution < -0.4 is 4.90 Å². The van der Waals surface area contributed by atoms with Gasteiger partial charge in [-0.1, -0.05) is 11.8 Å². The van der Waals surface area contributed by atoms with Crippen LogP contribution in [0.15, 0.2) is 35.7 Å². The van der Waals surface area contributed by atoms with Crippen molar-refractivity contribution in [2.75, 3.05) is 23.7 Å². The van der Waals surface area contributed by atoms with Gasteiger partial charge in [-0.25, -0.2) is 0 Å². The maximum absolute atomic E-state index is 10.6. The van der Waals surface area contributed by atoms with Crippen molar-refractivity contribution in [3.63, 3.8) is 0 Å². The monoisotopic (exact) mass is 306 g/mol. The van der Waals surface area contributed by atoms with Gasteiger partial charge in [-0.3, -0.25) is 9.36 Å². The van der Waals surface area contributed by atoms with Crippen molar-refractivity contribution < 1.29 is 9.90 Å². The zero-order valence-electron chi connectivity index (χ0n) is 12.1. The molecule has 0 bridgehead atoms. The van der Waals surface area contributed by atoms with E-state index in [9.17, 15) is 4.79 Å². The highest BCUT2D eigenvalue weighted by molar-refractivity contribution is 7.99. The zero-order valence-corrected chi connectivity index (χ0v) is 12.9. The standard InChI is InChI=1S/C14H18N4O2S/c1-3-17(4-2)11-5-7-12(8-6-11)18-10-15-16-14(18)21-9-13(19)20/h5-8,10H,3-4,9H2,1-2H3,(H,19,20). The first kappa shape index (κ1) is 15.4. The summed E-state index contributed by atoms with van der Waals surface area (Å²) in [6, 6.07) is 8.08. The number of anilines is 1. The quantitative estimate of drug-likeness (QED) is 0.791. The lowest BCUT2D eigenvalue weighted by Gasteiger charge is -2.21. The summed E-state index contributed by atoms with van der Waals surface area (Å²) in [7, 11) is 0. The number of rotatable bonds is 7. The Morgan fingerprint density at radius 1 is 1.29 bits per heavy atom. The second-order valence-electron chi connectivity index (χ2n) is 4.35. The minimum Gasteiger partial charge on any atom is -0.481 e. The van der Waals surface area contributed by atoms with E-state index < -0.39 is 5.97 Å². The van der Waals surface area contributed by atoms with E-state index >= 15 is 0 Å². The molecule has 112 valence electrons. The van der Waals surface area contributed by atoms with E-state index in [1.54, 1.807) is 10.9 Å². The molecule has 0 saturated carbocycles. The van der Waals surface area contributed by atoms with Crippen LogP contribution in [-0.2, 0) is 4.79 Å². The fourth-order valence-corrected chi connectivity index (χ4v) is 2.69. The third kappa shape index (κ3) is 3.75. The Labute approximate surface area is 127 Å². The van der Waals surface area contributed by atoms with Gasteiger partial charge in [-0.05, 0) is 38.1 Å². The molecule has 0 spiro atoms. The Hall–Kier alpha value is -2.02. The number of nitrogens with zero attached hydrogens (tertiary/aromatic N) is 4. The Morgan fingerprint density at radius 3 is 2.52 bits per heavy atom. The molecule has 0 aliphatic carbocycles. The lowest BCUT2D eigenvalue weighted by molar-refractivity contribution is -0.133. The number of hydrogen-bond acceptors (Lipinski definition) is 5. The summed E-state index contributed by atoms with van der Waals surface area (Å²) in [6.07, 6.45) is 1.59. The molecule has 1 aromatic heterocycles. The van der Waals surface area contributed by atoms with Crippen LogP contribution in [0.4, 0.5) is 5.69 Å². The molecule has 21 heavy (non-hydrogen) atoms. The topological polar surface area (TPSA) is 71.2 Å². The molecule has 0 aliphatic rings. The van der Waals surface area contributed by atoms with Crippen LogP contribution in [-0.4, -0.2) is 44.7 Å². The summed E-state index contributed by atoms with van der Waals surface area (Å²) in [6.45, 7) is 6.17. The molecule has 0 saturated heterocycles. The summed E-state index contributed by atoms with van der Waals surface area (Å²) < 4.78 is 1.79. The van der Waals surface area contributed by atoms with Gasteiger partial charge in [0.2, 0.25) is 0 Å². The molecule has 0 unspecified atom stereocenters. The van der Waals surface area contributed by atoms with Gasteiger partial charge in [-0.15, -0.1) is 10.2 Å². The number of benzene rings is 1. The molecule has 0 aliphatic heterocycles. The van der Waals surface area contributed by atoms with Crippen LogP contribution in [0, 0.1) is 0 Å². The first-order chi connectivity index (χ1) is 10.2.